The molecule has 20 heavy (non-hydrogen) atoms. The molecule has 0 radical (unpaired) electrons. The zero-order valence-electron chi connectivity index (χ0n) is 12.3. The Labute approximate surface area is 120 Å². The molecular formula is C17H21N3. The minimum absolute atomic E-state index is 0.322. The van der Waals surface area contributed by atoms with Crippen LogP contribution in [-0.4, -0.2) is 24.5 Å². The lowest BCUT2D eigenvalue weighted by atomic mass is 10.1. The fourth-order valence-electron chi connectivity index (χ4n) is 2.10. The van der Waals surface area contributed by atoms with E-state index in [2.05, 4.69) is 36.6 Å². The van der Waals surface area contributed by atoms with Gasteiger partial charge in [0.05, 0.1) is 14.1 Å². The summed E-state index contributed by atoms with van der Waals surface area (Å²) in [6.45, 7) is 2.86. The molecule has 0 saturated heterocycles. The second kappa shape index (κ2) is 5.88. The molecule has 104 valence electrons. The molecule has 0 aliphatic carbocycles. The fourth-order valence-corrected chi connectivity index (χ4v) is 2.10. The third-order valence-electron chi connectivity index (χ3n) is 3.11. The van der Waals surface area contributed by atoms with Crippen molar-refractivity contribution in [3.05, 3.63) is 76.7 Å². The minimum Gasteiger partial charge on any atom is -0.478 e. The maximum absolute atomic E-state index is 8.10. The highest BCUT2D eigenvalue weighted by atomic mass is 15.6. The molecule has 0 heterocycles. The summed E-state index contributed by atoms with van der Waals surface area (Å²) in [5.41, 5.74) is 7.85. The highest BCUT2D eigenvalue weighted by Crippen LogP contribution is 2.18. The molecule has 0 bridgehead atoms. The molecule has 0 fully saturated rings. The first-order chi connectivity index (χ1) is 9.46. The average molecular weight is 267 g/mol. The summed E-state index contributed by atoms with van der Waals surface area (Å²) in [5.74, 6) is 0.322. The lowest BCUT2D eigenvalue weighted by molar-refractivity contribution is -0.862. The van der Waals surface area contributed by atoms with E-state index in [-0.39, 0.29) is 0 Å². The average Bonchev–Trinajstić information content (AvgIpc) is 2.41. The number of quaternary nitrogens is 1. The maximum Gasteiger partial charge on any atom is 0.113 e. The van der Waals surface area contributed by atoms with Gasteiger partial charge >= 0.3 is 0 Å². The molecule has 0 atom stereocenters. The van der Waals surface area contributed by atoms with Gasteiger partial charge in [0.2, 0.25) is 0 Å². The lowest BCUT2D eigenvalue weighted by Crippen LogP contribution is -2.36. The van der Waals surface area contributed by atoms with Crippen LogP contribution in [0, 0.1) is 12.3 Å². The van der Waals surface area contributed by atoms with E-state index < -0.39 is 0 Å². The number of amidine groups is 1. The van der Waals surface area contributed by atoms with Gasteiger partial charge in [-0.1, -0.05) is 60.2 Å². The van der Waals surface area contributed by atoms with Crippen LogP contribution in [-0.2, 0) is 6.54 Å². The predicted molar refractivity (Wildman–Crippen MR) is 83.6 cm³/mol. The quantitative estimate of drug-likeness (QED) is 0.378. The highest BCUT2D eigenvalue weighted by Gasteiger charge is 2.13. The number of rotatable bonds is 4. The van der Waals surface area contributed by atoms with Crippen LogP contribution in [0.4, 0.5) is 0 Å². The molecule has 3 nitrogen and oxygen atoms in total. The van der Waals surface area contributed by atoms with Crippen molar-refractivity contribution in [2.24, 2.45) is 0 Å². The van der Waals surface area contributed by atoms with Crippen LogP contribution < -0.4 is 0 Å². The van der Waals surface area contributed by atoms with E-state index in [0.717, 1.165) is 12.1 Å². The van der Waals surface area contributed by atoms with Crippen LogP contribution in [0.5, 0.6) is 0 Å². The Morgan fingerprint density at radius 2 is 1.60 bits per heavy atom. The largest absolute Gasteiger partial charge is 0.478 e. The van der Waals surface area contributed by atoms with Gasteiger partial charge in [-0.15, -0.1) is 0 Å². The van der Waals surface area contributed by atoms with E-state index in [1.54, 1.807) is 0 Å². The van der Waals surface area contributed by atoms with Crippen LogP contribution in [0.15, 0.2) is 54.6 Å². The first kappa shape index (κ1) is 14.3. The number of nitrogens with zero attached hydrogens (tertiary/aromatic N) is 2. The molecule has 0 aliphatic rings. The van der Waals surface area contributed by atoms with E-state index in [9.17, 15) is 0 Å². The number of hydrogen-bond donors (Lipinski definition) is 1. The molecule has 2 rings (SSSR count). The zero-order chi connectivity index (χ0) is 14.6. The van der Waals surface area contributed by atoms with Crippen LogP contribution in [0.2, 0.25) is 0 Å². The molecule has 0 unspecified atom stereocenters. The summed E-state index contributed by atoms with van der Waals surface area (Å²) in [5, 5.41) is 8.10. The molecule has 0 saturated carbocycles. The minimum atomic E-state index is 0.322. The Hall–Kier alpha value is -2.13. The van der Waals surface area contributed by atoms with Crippen molar-refractivity contribution in [2.75, 3.05) is 14.1 Å². The van der Waals surface area contributed by atoms with Crippen LogP contribution >= 0.6 is 0 Å². The lowest BCUT2D eigenvalue weighted by Gasteiger charge is -2.35. The van der Waals surface area contributed by atoms with Crippen molar-refractivity contribution in [3.8, 4) is 0 Å². The Morgan fingerprint density at radius 3 is 2.20 bits per heavy atom. The van der Waals surface area contributed by atoms with Crippen LogP contribution in [0.3, 0.4) is 0 Å². The van der Waals surface area contributed by atoms with Crippen LogP contribution in [0.1, 0.15) is 16.7 Å². The summed E-state index contributed by atoms with van der Waals surface area (Å²) >= 11 is 0. The summed E-state index contributed by atoms with van der Waals surface area (Å²) in [6, 6.07) is 18.1. The number of aryl methyl sites for hydroxylation is 1. The smallest absolute Gasteiger partial charge is 0.113 e. The topological polar surface area (TPSA) is 38.0 Å². The van der Waals surface area contributed by atoms with Crippen molar-refractivity contribution in [2.45, 2.75) is 13.5 Å². The van der Waals surface area contributed by atoms with Gasteiger partial charge in [0.1, 0.15) is 6.54 Å². The normalized spacial score (nSPS) is 11.2. The Bertz CT molecular complexity index is 571. The van der Waals surface area contributed by atoms with E-state index in [4.69, 9.17) is 5.41 Å². The van der Waals surface area contributed by atoms with Gasteiger partial charge in [-0.2, -0.15) is 0 Å². The van der Waals surface area contributed by atoms with Crippen molar-refractivity contribution in [1.29, 1.82) is 5.41 Å². The van der Waals surface area contributed by atoms with E-state index >= 15 is 0 Å². The third-order valence-corrected chi connectivity index (χ3v) is 3.11. The van der Waals surface area contributed by atoms with Gasteiger partial charge in [-0.3, -0.25) is 10.0 Å². The fraction of sp³-hybridized carbons (Fsp3) is 0.235. The maximum atomic E-state index is 8.10. The summed E-state index contributed by atoms with van der Waals surface area (Å²) in [4.78, 5) is 0. The van der Waals surface area contributed by atoms with Gasteiger partial charge < -0.3 is 5.41 Å². The van der Waals surface area contributed by atoms with Gasteiger partial charge in [0.25, 0.3) is 0 Å². The molecule has 2 aromatic carbocycles. The SMILES string of the molecule is Cc1ccc(C[N+](C)(C)[N-]C(=N)c2ccccc2)cc1. The second-order valence-electron chi connectivity index (χ2n) is 5.58. The number of hydrogen-bond acceptors (Lipinski definition) is 1. The molecule has 3 heteroatoms. The summed E-state index contributed by atoms with van der Waals surface area (Å²) in [6.07, 6.45) is 0. The van der Waals surface area contributed by atoms with Crippen LogP contribution in [0.25, 0.3) is 5.43 Å². The molecule has 0 amide bonds. The zero-order valence-corrected chi connectivity index (χ0v) is 12.3. The van der Waals surface area contributed by atoms with Crippen molar-refractivity contribution >= 4 is 5.84 Å². The molecule has 0 spiro atoms. The second-order valence-corrected chi connectivity index (χ2v) is 5.58. The van der Waals surface area contributed by atoms with Gasteiger partial charge in [0.15, 0.2) is 0 Å². The predicted octanol–water partition coefficient (Wildman–Crippen LogP) is 3.89. The van der Waals surface area contributed by atoms with E-state index in [1.165, 1.54) is 11.1 Å². The van der Waals surface area contributed by atoms with Crippen molar-refractivity contribution in [1.82, 2.24) is 0 Å². The molecule has 1 N–H and O–H groups in total. The van der Waals surface area contributed by atoms with E-state index in [1.807, 2.05) is 44.4 Å². The molecule has 0 aromatic heterocycles. The Balaban J connectivity index is 2.03. The van der Waals surface area contributed by atoms with Crippen molar-refractivity contribution in [3.63, 3.8) is 0 Å². The van der Waals surface area contributed by atoms with Gasteiger partial charge in [-0.05, 0) is 18.3 Å². The first-order valence-corrected chi connectivity index (χ1v) is 6.72. The summed E-state index contributed by atoms with van der Waals surface area (Å²) in [7, 11) is 4.02. The first-order valence-electron chi connectivity index (χ1n) is 6.72. The van der Waals surface area contributed by atoms with Gasteiger partial charge in [-0.25, -0.2) is 0 Å². The Kier molecular flexibility index (Phi) is 4.20. The van der Waals surface area contributed by atoms with Crippen molar-refractivity contribution < 1.29 is 4.59 Å². The standard InChI is InChI=1S/C17H21N3/c1-14-9-11-15(12-10-14)13-20(2,3)19-17(18)16-7-5-4-6-8-16/h4-12,18H,13H2,1-3H3. The molecule has 0 aliphatic heterocycles. The third kappa shape index (κ3) is 3.93. The highest BCUT2D eigenvalue weighted by molar-refractivity contribution is 6.04. The molecule has 2 aromatic rings. The number of benzene rings is 2. The summed E-state index contributed by atoms with van der Waals surface area (Å²) < 4.78 is 0.413. The molecular weight excluding hydrogens is 246 g/mol. The Morgan fingerprint density at radius 1 is 1.00 bits per heavy atom. The van der Waals surface area contributed by atoms with E-state index in [0.29, 0.717) is 10.4 Å². The van der Waals surface area contributed by atoms with Gasteiger partial charge in [0, 0.05) is 5.56 Å². The monoisotopic (exact) mass is 267 g/mol. The number of nitrogens with one attached hydrogen (secondary N) is 1.